The molecule has 0 spiro atoms. The maximum atomic E-state index is 13.2. The van der Waals surface area contributed by atoms with Crippen molar-refractivity contribution in [2.75, 3.05) is 0 Å². The second-order valence-electron chi connectivity index (χ2n) is 4.93. The summed E-state index contributed by atoms with van der Waals surface area (Å²) in [5.74, 6) is -0.684. The lowest BCUT2D eigenvalue weighted by molar-refractivity contribution is -0.143. The highest BCUT2D eigenvalue weighted by molar-refractivity contribution is 5.80. The van der Waals surface area contributed by atoms with Gasteiger partial charge in [0.05, 0.1) is 16.8 Å². The zero-order valence-electron chi connectivity index (χ0n) is 11.1. The molecular formula is C14H10F7N. The fraction of sp³-hybridized carbons (Fsp3) is 0.357. The lowest BCUT2D eigenvalue weighted by Gasteiger charge is -2.18. The second kappa shape index (κ2) is 5.40. The summed E-state index contributed by atoms with van der Waals surface area (Å²) < 4.78 is 89.8. The third-order valence-corrected chi connectivity index (χ3v) is 3.16. The van der Waals surface area contributed by atoms with Crippen molar-refractivity contribution in [3.63, 3.8) is 0 Å². The van der Waals surface area contributed by atoms with Crippen LogP contribution in [-0.2, 0) is 12.4 Å². The van der Waals surface area contributed by atoms with E-state index in [0.29, 0.717) is 12.1 Å². The smallest absolute Gasteiger partial charge is 0.258 e. The Kier molecular flexibility index (Phi) is 4.06. The molecule has 1 nitrogen and oxygen atoms in total. The van der Waals surface area contributed by atoms with Gasteiger partial charge in [0, 0.05) is 17.7 Å². The Morgan fingerprint density at radius 2 is 1.41 bits per heavy atom. The van der Waals surface area contributed by atoms with Crippen LogP contribution >= 0.6 is 0 Å². The molecule has 1 aromatic rings. The molecule has 2 unspecified atom stereocenters. The molecule has 8 heteroatoms. The van der Waals surface area contributed by atoms with Crippen LogP contribution in [0.25, 0.3) is 5.70 Å². The van der Waals surface area contributed by atoms with Gasteiger partial charge in [0.2, 0.25) is 0 Å². The summed E-state index contributed by atoms with van der Waals surface area (Å²) in [5, 5.41) is 0. The van der Waals surface area contributed by atoms with Gasteiger partial charge in [-0.05, 0) is 18.2 Å². The number of rotatable bonds is 1. The first kappa shape index (κ1) is 16.5. The van der Waals surface area contributed by atoms with Crippen molar-refractivity contribution in [3.05, 3.63) is 41.0 Å². The van der Waals surface area contributed by atoms with E-state index in [2.05, 4.69) is 4.99 Å². The molecule has 0 aromatic heterocycles. The van der Waals surface area contributed by atoms with Gasteiger partial charge >= 0.3 is 12.4 Å². The number of alkyl halides is 7. The number of aliphatic imine (C=N–C) groups is 1. The maximum absolute atomic E-state index is 13.2. The molecule has 2 atom stereocenters. The molecule has 0 N–H and O–H groups in total. The van der Waals surface area contributed by atoms with Crippen LogP contribution in [0.15, 0.2) is 29.3 Å². The highest BCUT2D eigenvalue weighted by Gasteiger charge is 2.37. The Morgan fingerprint density at radius 3 is 1.82 bits per heavy atom. The average Bonchev–Trinajstić information content (AvgIpc) is 2.39. The molecule has 1 aliphatic heterocycles. The molecule has 0 fully saturated rings. The molecule has 22 heavy (non-hydrogen) atoms. The van der Waals surface area contributed by atoms with Crippen LogP contribution in [0.4, 0.5) is 30.7 Å². The summed E-state index contributed by atoms with van der Waals surface area (Å²) in [5.41, 5.74) is -3.32. The number of nitrogens with zero attached hydrogens (tertiary/aromatic N) is 1. The van der Waals surface area contributed by atoms with Gasteiger partial charge in [-0.3, -0.25) is 4.99 Å². The third kappa shape index (κ3) is 3.48. The summed E-state index contributed by atoms with van der Waals surface area (Å²) in [7, 11) is 0. The van der Waals surface area contributed by atoms with E-state index < -0.39 is 35.6 Å². The van der Waals surface area contributed by atoms with E-state index in [4.69, 9.17) is 0 Å². The normalized spacial score (nSPS) is 22.6. The Morgan fingerprint density at radius 1 is 0.909 bits per heavy atom. The zero-order valence-corrected chi connectivity index (χ0v) is 11.1. The Hall–Kier alpha value is -1.86. The predicted octanol–water partition coefficient (Wildman–Crippen LogP) is 5.12. The summed E-state index contributed by atoms with van der Waals surface area (Å²) >= 11 is 0. The van der Waals surface area contributed by atoms with Crippen molar-refractivity contribution in [2.24, 2.45) is 10.9 Å². The highest BCUT2D eigenvalue weighted by Crippen LogP contribution is 2.38. The fourth-order valence-corrected chi connectivity index (χ4v) is 1.94. The van der Waals surface area contributed by atoms with Gasteiger partial charge in [0.15, 0.2) is 0 Å². The minimum atomic E-state index is -4.93. The first-order valence-electron chi connectivity index (χ1n) is 6.18. The van der Waals surface area contributed by atoms with Gasteiger partial charge in [-0.2, -0.15) is 26.3 Å². The Labute approximate surface area is 121 Å². The van der Waals surface area contributed by atoms with Crippen LogP contribution in [0.2, 0.25) is 0 Å². The number of benzene rings is 1. The molecule has 0 saturated heterocycles. The number of allylic oxidation sites excluding steroid dienone is 1. The minimum Gasteiger partial charge on any atom is -0.258 e. The topological polar surface area (TPSA) is 12.4 Å². The molecule has 1 aliphatic rings. The second-order valence-corrected chi connectivity index (χ2v) is 4.93. The monoisotopic (exact) mass is 325 g/mol. The van der Waals surface area contributed by atoms with Gasteiger partial charge in [0.1, 0.15) is 6.17 Å². The van der Waals surface area contributed by atoms with E-state index >= 15 is 0 Å². The summed E-state index contributed by atoms with van der Waals surface area (Å²) in [6, 6.07) is 1.19. The van der Waals surface area contributed by atoms with E-state index in [1.54, 1.807) is 0 Å². The van der Waals surface area contributed by atoms with E-state index in [1.807, 2.05) is 0 Å². The molecule has 2 rings (SSSR count). The molecule has 120 valence electrons. The van der Waals surface area contributed by atoms with E-state index in [0.717, 1.165) is 6.21 Å². The molecule has 0 radical (unpaired) electrons. The summed E-state index contributed by atoms with van der Waals surface area (Å²) in [4.78, 5) is 3.60. The molecule has 0 aliphatic carbocycles. The molecule has 0 amide bonds. The van der Waals surface area contributed by atoms with Gasteiger partial charge < -0.3 is 0 Å². The highest BCUT2D eigenvalue weighted by atomic mass is 19.4. The van der Waals surface area contributed by atoms with E-state index in [9.17, 15) is 30.7 Å². The third-order valence-electron chi connectivity index (χ3n) is 3.16. The van der Waals surface area contributed by atoms with Crippen LogP contribution in [-0.4, -0.2) is 12.4 Å². The minimum absolute atomic E-state index is 0.0397. The Balaban J connectivity index is 2.57. The largest absolute Gasteiger partial charge is 0.416 e. The van der Waals surface area contributed by atoms with E-state index in [1.165, 1.54) is 13.0 Å². The molecule has 1 aromatic carbocycles. The molecule has 0 saturated carbocycles. The average molecular weight is 325 g/mol. The SMILES string of the molecule is CC1C=C(c2cc(C(F)(F)F)cc(C(F)(F)F)c2)N=CC1F. The Bertz CT molecular complexity index is 593. The van der Waals surface area contributed by atoms with Crippen molar-refractivity contribution in [1.29, 1.82) is 0 Å². The molecular weight excluding hydrogens is 315 g/mol. The van der Waals surface area contributed by atoms with Gasteiger partial charge in [-0.25, -0.2) is 4.39 Å². The first-order valence-corrected chi connectivity index (χ1v) is 6.18. The molecule has 0 bridgehead atoms. The predicted molar refractivity (Wildman–Crippen MR) is 67.0 cm³/mol. The first-order chi connectivity index (χ1) is 9.98. The van der Waals surface area contributed by atoms with Gasteiger partial charge in [0.25, 0.3) is 0 Å². The summed E-state index contributed by atoms with van der Waals surface area (Å²) in [6.07, 6.45) is -9.20. The van der Waals surface area contributed by atoms with Crippen LogP contribution in [0, 0.1) is 5.92 Å². The lowest BCUT2D eigenvalue weighted by atomic mass is 9.97. The van der Waals surface area contributed by atoms with Gasteiger partial charge in [-0.1, -0.05) is 13.0 Å². The van der Waals surface area contributed by atoms with Crippen molar-refractivity contribution < 1.29 is 30.7 Å². The fourth-order valence-electron chi connectivity index (χ4n) is 1.94. The summed E-state index contributed by atoms with van der Waals surface area (Å²) in [6.45, 7) is 1.45. The molecule has 1 heterocycles. The van der Waals surface area contributed by atoms with Crippen LogP contribution in [0.1, 0.15) is 23.6 Å². The number of hydrogen-bond donors (Lipinski definition) is 0. The number of hydrogen-bond acceptors (Lipinski definition) is 1. The lowest BCUT2D eigenvalue weighted by Crippen LogP contribution is -2.16. The van der Waals surface area contributed by atoms with Crippen molar-refractivity contribution in [2.45, 2.75) is 25.4 Å². The van der Waals surface area contributed by atoms with E-state index in [-0.39, 0.29) is 17.3 Å². The van der Waals surface area contributed by atoms with Gasteiger partial charge in [-0.15, -0.1) is 0 Å². The maximum Gasteiger partial charge on any atom is 0.416 e. The van der Waals surface area contributed by atoms with Crippen LogP contribution in [0.5, 0.6) is 0 Å². The van der Waals surface area contributed by atoms with Crippen LogP contribution in [0.3, 0.4) is 0 Å². The van der Waals surface area contributed by atoms with Crippen molar-refractivity contribution >= 4 is 11.9 Å². The van der Waals surface area contributed by atoms with Crippen molar-refractivity contribution in [3.8, 4) is 0 Å². The zero-order chi connectivity index (χ0) is 16.7. The van der Waals surface area contributed by atoms with Crippen molar-refractivity contribution in [1.82, 2.24) is 0 Å². The standard InChI is InChI=1S/C14H10F7N/c1-7-2-12(22-6-11(7)15)8-3-9(13(16,17)18)5-10(4-8)14(19,20)21/h2-7,11H,1H3. The quantitative estimate of drug-likeness (QED) is 0.635. The number of halogens is 7. The van der Waals surface area contributed by atoms with Crippen LogP contribution < -0.4 is 0 Å².